The van der Waals surface area contributed by atoms with E-state index < -0.39 is 12.1 Å². The van der Waals surface area contributed by atoms with Crippen LogP contribution < -0.4 is 4.74 Å². The van der Waals surface area contributed by atoms with Crippen LogP contribution in [0.3, 0.4) is 0 Å². The molecule has 6 nitrogen and oxygen atoms in total. The Hall–Kier alpha value is -2.81. The summed E-state index contributed by atoms with van der Waals surface area (Å²) in [7, 11) is 0. The van der Waals surface area contributed by atoms with Crippen molar-refractivity contribution in [1.29, 1.82) is 5.26 Å². The van der Waals surface area contributed by atoms with Crippen molar-refractivity contribution in [1.82, 2.24) is 4.90 Å². The second-order valence-electron chi connectivity index (χ2n) is 5.75. The fourth-order valence-electron chi connectivity index (χ4n) is 2.60. The van der Waals surface area contributed by atoms with E-state index in [4.69, 9.17) is 9.47 Å². The Morgan fingerprint density at radius 3 is 2.48 bits per heavy atom. The van der Waals surface area contributed by atoms with Crippen LogP contribution in [0.4, 0.5) is 0 Å². The van der Waals surface area contributed by atoms with E-state index in [-0.39, 0.29) is 11.5 Å². The maximum absolute atomic E-state index is 12.2. The van der Waals surface area contributed by atoms with Crippen LogP contribution in [-0.4, -0.2) is 42.6 Å². The van der Waals surface area contributed by atoms with Gasteiger partial charge in [0.2, 0.25) is 0 Å². The third-order valence-corrected chi connectivity index (χ3v) is 3.89. The summed E-state index contributed by atoms with van der Waals surface area (Å²) in [6, 6.07) is 8.84. The SMILES string of the molecule is CCOc1ccc(/C=C(\C#N)C(=O)O[C@H](C)C(=O)N2CCCC2)cc1. The number of hydrogen-bond acceptors (Lipinski definition) is 5. The fraction of sp³-hybridized carbons (Fsp3) is 0.421. The molecule has 1 aromatic carbocycles. The third-order valence-electron chi connectivity index (χ3n) is 3.89. The van der Waals surface area contributed by atoms with Gasteiger partial charge >= 0.3 is 5.97 Å². The second-order valence-corrected chi connectivity index (χ2v) is 5.75. The molecular weight excluding hydrogens is 320 g/mol. The molecule has 1 aliphatic rings. The number of rotatable bonds is 6. The average molecular weight is 342 g/mol. The summed E-state index contributed by atoms with van der Waals surface area (Å²) in [4.78, 5) is 26.0. The predicted octanol–water partition coefficient (Wildman–Crippen LogP) is 2.55. The lowest BCUT2D eigenvalue weighted by atomic mass is 10.1. The molecule has 2 rings (SSSR count). The molecule has 1 amide bonds. The van der Waals surface area contributed by atoms with Crippen LogP contribution in [0.2, 0.25) is 0 Å². The normalized spacial score (nSPS) is 15.4. The molecule has 25 heavy (non-hydrogen) atoms. The number of esters is 1. The Labute approximate surface area is 147 Å². The van der Waals surface area contributed by atoms with Crippen molar-refractivity contribution in [3.8, 4) is 11.8 Å². The van der Waals surface area contributed by atoms with Gasteiger partial charge in [-0.25, -0.2) is 4.79 Å². The molecule has 0 saturated carbocycles. The zero-order chi connectivity index (χ0) is 18.2. The zero-order valence-corrected chi connectivity index (χ0v) is 14.5. The number of nitriles is 1. The third kappa shape index (κ3) is 5.08. The topological polar surface area (TPSA) is 79.6 Å². The summed E-state index contributed by atoms with van der Waals surface area (Å²) in [5.41, 5.74) is 0.528. The minimum Gasteiger partial charge on any atom is -0.494 e. The van der Waals surface area contributed by atoms with Crippen molar-refractivity contribution in [3.63, 3.8) is 0 Å². The van der Waals surface area contributed by atoms with Crippen molar-refractivity contribution in [2.75, 3.05) is 19.7 Å². The van der Waals surface area contributed by atoms with Gasteiger partial charge in [0.1, 0.15) is 17.4 Å². The molecular formula is C19H22N2O4. The van der Waals surface area contributed by atoms with Crippen molar-refractivity contribution < 1.29 is 19.1 Å². The predicted molar refractivity (Wildman–Crippen MR) is 92.6 cm³/mol. The van der Waals surface area contributed by atoms with E-state index in [1.54, 1.807) is 29.2 Å². The number of benzene rings is 1. The number of carbonyl (C=O) groups excluding carboxylic acids is 2. The molecule has 0 bridgehead atoms. The Morgan fingerprint density at radius 1 is 1.28 bits per heavy atom. The minimum atomic E-state index is -0.900. The summed E-state index contributed by atoms with van der Waals surface area (Å²) in [6.07, 6.45) is 2.47. The number of amides is 1. The van der Waals surface area contributed by atoms with Gasteiger partial charge in [0.05, 0.1) is 6.61 Å². The van der Waals surface area contributed by atoms with Crippen LogP contribution in [0.25, 0.3) is 6.08 Å². The Kier molecular flexibility index (Phi) is 6.58. The number of carbonyl (C=O) groups is 2. The van der Waals surface area contributed by atoms with Gasteiger partial charge in [-0.15, -0.1) is 0 Å². The van der Waals surface area contributed by atoms with Gasteiger partial charge in [-0.1, -0.05) is 12.1 Å². The smallest absolute Gasteiger partial charge is 0.349 e. The first-order valence-corrected chi connectivity index (χ1v) is 8.39. The van der Waals surface area contributed by atoms with Gasteiger partial charge in [-0.3, -0.25) is 4.79 Å². The van der Waals surface area contributed by atoms with E-state index >= 15 is 0 Å². The van der Waals surface area contributed by atoms with Crippen molar-refractivity contribution in [2.45, 2.75) is 32.8 Å². The molecule has 1 heterocycles. The molecule has 132 valence electrons. The van der Waals surface area contributed by atoms with Crippen molar-refractivity contribution >= 4 is 18.0 Å². The molecule has 0 aliphatic carbocycles. The van der Waals surface area contributed by atoms with Gasteiger partial charge in [0.25, 0.3) is 5.91 Å². The maximum atomic E-state index is 12.2. The minimum absolute atomic E-state index is 0.148. The lowest BCUT2D eigenvalue weighted by molar-refractivity contribution is -0.155. The molecule has 1 atom stereocenters. The number of likely N-dealkylation sites (tertiary alicyclic amines) is 1. The number of ether oxygens (including phenoxy) is 2. The summed E-state index contributed by atoms with van der Waals surface area (Å²) < 4.78 is 10.5. The van der Waals surface area contributed by atoms with E-state index in [0.717, 1.165) is 12.8 Å². The van der Waals surface area contributed by atoms with E-state index in [9.17, 15) is 14.9 Å². The highest BCUT2D eigenvalue weighted by Crippen LogP contribution is 2.16. The first-order chi connectivity index (χ1) is 12.0. The van der Waals surface area contributed by atoms with Crippen molar-refractivity contribution in [3.05, 3.63) is 35.4 Å². The Morgan fingerprint density at radius 2 is 1.92 bits per heavy atom. The largest absolute Gasteiger partial charge is 0.494 e. The zero-order valence-electron chi connectivity index (χ0n) is 14.5. The Balaban J connectivity index is 2.02. The second kappa shape index (κ2) is 8.88. The van der Waals surface area contributed by atoms with Crippen LogP contribution in [0.15, 0.2) is 29.8 Å². The van der Waals surface area contributed by atoms with Crippen LogP contribution in [-0.2, 0) is 14.3 Å². The van der Waals surface area contributed by atoms with Crippen LogP contribution in [0.5, 0.6) is 5.75 Å². The maximum Gasteiger partial charge on any atom is 0.349 e. The van der Waals surface area contributed by atoms with Gasteiger partial charge in [0.15, 0.2) is 6.10 Å². The van der Waals surface area contributed by atoms with Gasteiger partial charge in [-0.2, -0.15) is 5.26 Å². The van der Waals surface area contributed by atoms with Crippen LogP contribution in [0, 0.1) is 11.3 Å². The first kappa shape index (κ1) is 18.5. The highest BCUT2D eigenvalue weighted by Gasteiger charge is 2.26. The summed E-state index contributed by atoms with van der Waals surface area (Å²) >= 11 is 0. The lowest BCUT2D eigenvalue weighted by Gasteiger charge is -2.20. The highest BCUT2D eigenvalue weighted by atomic mass is 16.5. The average Bonchev–Trinajstić information content (AvgIpc) is 3.15. The standard InChI is InChI=1S/C19H22N2O4/c1-3-24-17-8-6-15(7-9-17)12-16(13-20)19(23)25-14(2)18(22)21-10-4-5-11-21/h6-9,12,14H,3-5,10-11H2,1-2H3/b16-12+/t14-/m1/s1. The van der Waals surface area contributed by atoms with Crippen LogP contribution in [0.1, 0.15) is 32.3 Å². The molecule has 1 aromatic rings. The Bertz CT molecular complexity index is 682. The van der Waals surface area contributed by atoms with E-state index in [0.29, 0.717) is 31.0 Å². The molecule has 0 radical (unpaired) electrons. The molecule has 0 aromatic heterocycles. The van der Waals surface area contributed by atoms with Gasteiger partial charge in [-0.05, 0) is 50.5 Å². The van der Waals surface area contributed by atoms with E-state index in [1.807, 2.05) is 13.0 Å². The molecule has 1 aliphatic heterocycles. The quantitative estimate of drug-likeness (QED) is 0.451. The molecule has 0 unspecified atom stereocenters. The van der Waals surface area contributed by atoms with Crippen LogP contribution >= 0.6 is 0 Å². The number of hydrogen-bond donors (Lipinski definition) is 0. The molecule has 0 N–H and O–H groups in total. The summed E-state index contributed by atoms with van der Waals surface area (Å²) in [5, 5.41) is 9.22. The molecule has 1 fully saturated rings. The molecule has 6 heteroatoms. The fourth-order valence-corrected chi connectivity index (χ4v) is 2.60. The van der Waals surface area contributed by atoms with Crippen molar-refractivity contribution in [2.24, 2.45) is 0 Å². The number of nitrogens with zero attached hydrogens (tertiary/aromatic N) is 2. The first-order valence-electron chi connectivity index (χ1n) is 8.39. The molecule has 1 saturated heterocycles. The van der Waals surface area contributed by atoms with Gasteiger partial charge in [0, 0.05) is 13.1 Å². The summed E-state index contributed by atoms with van der Waals surface area (Å²) in [5.74, 6) is -0.300. The molecule has 0 spiro atoms. The van der Waals surface area contributed by atoms with E-state index in [2.05, 4.69) is 0 Å². The monoisotopic (exact) mass is 342 g/mol. The lowest BCUT2D eigenvalue weighted by Crippen LogP contribution is -2.38. The van der Waals surface area contributed by atoms with Gasteiger partial charge < -0.3 is 14.4 Å². The summed E-state index contributed by atoms with van der Waals surface area (Å²) in [6.45, 7) is 5.36. The van der Waals surface area contributed by atoms with E-state index in [1.165, 1.54) is 13.0 Å². The highest BCUT2D eigenvalue weighted by molar-refractivity contribution is 5.99.